The van der Waals surface area contributed by atoms with Gasteiger partial charge in [-0.2, -0.15) is 0 Å². The van der Waals surface area contributed by atoms with E-state index in [4.69, 9.17) is 4.74 Å². The predicted octanol–water partition coefficient (Wildman–Crippen LogP) is 3.43. The summed E-state index contributed by atoms with van der Waals surface area (Å²) in [5, 5.41) is 3.06. The van der Waals surface area contributed by atoms with E-state index in [9.17, 15) is 4.79 Å². The molecule has 0 atom stereocenters. The van der Waals surface area contributed by atoms with Crippen LogP contribution in [0.2, 0.25) is 0 Å². The van der Waals surface area contributed by atoms with Crippen molar-refractivity contribution in [3.8, 4) is 5.75 Å². The minimum atomic E-state index is 0.0806. The third-order valence-electron chi connectivity index (χ3n) is 6.41. The second-order valence-electron chi connectivity index (χ2n) is 8.45. The van der Waals surface area contributed by atoms with Crippen molar-refractivity contribution in [3.05, 3.63) is 23.8 Å². The number of carbonyl (C=O) groups excluding carboxylic acids is 1. The lowest BCUT2D eigenvalue weighted by Crippen LogP contribution is -2.46. The number of rotatable bonds is 6. The molecule has 2 heterocycles. The Bertz CT molecular complexity index is 645. The number of piperidine rings is 1. The van der Waals surface area contributed by atoms with Gasteiger partial charge in [-0.3, -0.25) is 9.69 Å². The largest absolute Gasteiger partial charge is 0.490 e. The highest BCUT2D eigenvalue weighted by atomic mass is 16.5. The van der Waals surface area contributed by atoms with Crippen molar-refractivity contribution in [1.82, 2.24) is 9.80 Å². The first kappa shape index (κ1) is 18.8. The molecule has 1 amide bonds. The molecule has 1 N–H and O–H groups in total. The van der Waals surface area contributed by atoms with Gasteiger partial charge in [0.1, 0.15) is 11.9 Å². The molecule has 0 bridgehead atoms. The van der Waals surface area contributed by atoms with E-state index in [-0.39, 0.29) is 5.91 Å². The van der Waals surface area contributed by atoms with E-state index in [0.717, 1.165) is 49.0 Å². The lowest BCUT2D eigenvalue weighted by molar-refractivity contribution is -0.117. The van der Waals surface area contributed by atoms with Gasteiger partial charge in [0.05, 0.1) is 6.54 Å². The van der Waals surface area contributed by atoms with Crippen LogP contribution in [0.4, 0.5) is 5.69 Å². The number of hydrogen-bond donors (Lipinski definition) is 1. The van der Waals surface area contributed by atoms with Gasteiger partial charge in [0, 0.05) is 24.8 Å². The zero-order valence-electron chi connectivity index (χ0n) is 16.6. The Labute approximate surface area is 163 Å². The fourth-order valence-corrected chi connectivity index (χ4v) is 4.49. The predicted molar refractivity (Wildman–Crippen MR) is 108 cm³/mol. The van der Waals surface area contributed by atoms with Gasteiger partial charge in [-0.1, -0.05) is 6.42 Å². The molecule has 1 aromatic carbocycles. The second-order valence-corrected chi connectivity index (χ2v) is 8.45. The van der Waals surface area contributed by atoms with Crippen molar-refractivity contribution in [2.75, 3.05) is 38.0 Å². The van der Waals surface area contributed by atoms with Gasteiger partial charge in [0.2, 0.25) is 5.91 Å². The van der Waals surface area contributed by atoms with Gasteiger partial charge in [-0.25, -0.2) is 0 Å². The molecule has 0 aromatic heterocycles. The monoisotopic (exact) mass is 371 g/mol. The standard InChI is InChI=1S/C22H33N3O2/c1-17-15-20(27-19-9-13-25(14-10-19)18-5-4-6-18)7-8-21(17)23-22(26)16-24-11-2-3-12-24/h7-8,15,18-19H,2-6,9-14,16H2,1H3,(H,23,26). The van der Waals surface area contributed by atoms with Crippen molar-refractivity contribution in [3.63, 3.8) is 0 Å². The Morgan fingerprint density at radius 2 is 1.81 bits per heavy atom. The number of aryl methyl sites for hydroxylation is 1. The number of ether oxygens (including phenoxy) is 1. The van der Waals surface area contributed by atoms with Crippen molar-refractivity contribution < 1.29 is 9.53 Å². The summed E-state index contributed by atoms with van der Waals surface area (Å²) in [7, 11) is 0. The summed E-state index contributed by atoms with van der Waals surface area (Å²) in [5.74, 6) is 1.00. The Morgan fingerprint density at radius 1 is 1.07 bits per heavy atom. The van der Waals surface area contributed by atoms with Gasteiger partial charge >= 0.3 is 0 Å². The maximum atomic E-state index is 12.2. The summed E-state index contributed by atoms with van der Waals surface area (Å²) < 4.78 is 6.24. The highest BCUT2D eigenvalue weighted by Gasteiger charge is 2.29. The highest BCUT2D eigenvalue weighted by molar-refractivity contribution is 5.93. The average molecular weight is 372 g/mol. The lowest BCUT2D eigenvalue weighted by Gasteiger charge is -2.41. The maximum absolute atomic E-state index is 12.2. The number of benzene rings is 1. The maximum Gasteiger partial charge on any atom is 0.238 e. The molecule has 3 aliphatic rings. The summed E-state index contributed by atoms with van der Waals surface area (Å²) in [6.07, 6.45) is 9.13. The van der Waals surface area contributed by atoms with E-state index < -0.39 is 0 Å². The molecule has 2 aliphatic heterocycles. The van der Waals surface area contributed by atoms with E-state index in [1.54, 1.807) is 0 Å². The smallest absolute Gasteiger partial charge is 0.238 e. The third kappa shape index (κ3) is 4.82. The molecule has 3 fully saturated rings. The number of amides is 1. The molecule has 5 heteroatoms. The Balaban J connectivity index is 1.26. The van der Waals surface area contributed by atoms with Crippen molar-refractivity contribution in [2.45, 2.75) is 64.0 Å². The highest BCUT2D eigenvalue weighted by Crippen LogP contribution is 2.29. The first-order valence-corrected chi connectivity index (χ1v) is 10.7. The number of hydrogen-bond acceptors (Lipinski definition) is 4. The van der Waals surface area contributed by atoms with E-state index in [0.29, 0.717) is 12.6 Å². The quantitative estimate of drug-likeness (QED) is 0.832. The van der Waals surface area contributed by atoms with Crippen LogP contribution in [0.1, 0.15) is 50.5 Å². The molecule has 0 spiro atoms. The van der Waals surface area contributed by atoms with Gasteiger partial charge < -0.3 is 15.0 Å². The number of anilines is 1. The second kappa shape index (κ2) is 8.61. The van der Waals surface area contributed by atoms with E-state index >= 15 is 0 Å². The van der Waals surface area contributed by atoms with Crippen LogP contribution < -0.4 is 10.1 Å². The van der Waals surface area contributed by atoms with Crippen LogP contribution in [0.15, 0.2) is 18.2 Å². The summed E-state index contributed by atoms with van der Waals surface area (Å²) in [4.78, 5) is 17.1. The first-order valence-electron chi connectivity index (χ1n) is 10.7. The molecule has 0 radical (unpaired) electrons. The van der Waals surface area contributed by atoms with Crippen molar-refractivity contribution >= 4 is 11.6 Å². The fraction of sp³-hybridized carbons (Fsp3) is 0.682. The van der Waals surface area contributed by atoms with Crippen LogP contribution in [0.3, 0.4) is 0 Å². The molecule has 1 aromatic rings. The minimum absolute atomic E-state index is 0.0806. The number of likely N-dealkylation sites (tertiary alicyclic amines) is 2. The number of carbonyl (C=O) groups is 1. The van der Waals surface area contributed by atoms with E-state index in [1.807, 2.05) is 19.1 Å². The number of nitrogens with one attached hydrogen (secondary N) is 1. The molecule has 5 nitrogen and oxygen atoms in total. The third-order valence-corrected chi connectivity index (χ3v) is 6.41. The normalized spacial score (nSPS) is 22.6. The lowest BCUT2D eigenvalue weighted by atomic mass is 9.90. The van der Waals surface area contributed by atoms with E-state index in [1.165, 1.54) is 45.2 Å². The Hall–Kier alpha value is -1.59. The molecule has 27 heavy (non-hydrogen) atoms. The molecule has 2 saturated heterocycles. The zero-order chi connectivity index (χ0) is 18.6. The molecular weight excluding hydrogens is 338 g/mol. The van der Waals surface area contributed by atoms with Crippen LogP contribution in [0.25, 0.3) is 0 Å². The number of nitrogens with zero attached hydrogens (tertiary/aromatic N) is 2. The zero-order valence-corrected chi connectivity index (χ0v) is 16.6. The first-order chi connectivity index (χ1) is 13.2. The molecule has 0 unspecified atom stereocenters. The summed E-state index contributed by atoms with van der Waals surface area (Å²) in [6.45, 7) is 6.95. The van der Waals surface area contributed by atoms with Crippen LogP contribution in [-0.4, -0.2) is 60.6 Å². The van der Waals surface area contributed by atoms with Crippen molar-refractivity contribution in [2.24, 2.45) is 0 Å². The van der Waals surface area contributed by atoms with Gasteiger partial charge in [0.15, 0.2) is 0 Å². The summed E-state index contributed by atoms with van der Waals surface area (Å²) in [6, 6.07) is 6.88. The molecule has 4 rings (SSSR count). The molecular formula is C22H33N3O2. The van der Waals surface area contributed by atoms with Crippen LogP contribution >= 0.6 is 0 Å². The van der Waals surface area contributed by atoms with Crippen molar-refractivity contribution in [1.29, 1.82) is 0 Å². The van der Waals surface area contributed by atoms with Crippen LogP contribution in [0.5, 0.6) is 5.75 Å². The Kier molecular flexibility index (Phi) is 5.98. The van der Waals surface area contributed by atoms with E-state index in [2.05, 4.69) is 21.2 Å². The summed E-state index contributed by atoms with van der Waals surface area (Å²) >= 11 is 0. The van der Waals surface area contributed by atoms with Crippen LogP contribution in [0, 0.1) is 6.92 Å². The molecule has 1 saturated carbocycles. The van der Waals surface area contributed by atoms with Gasteiger partial charge in [-0.15, -0.1) is 0 Å². The fourth-order valence-electron chi connectivity index (χ4n) is 4.49. The average Bonchev–Trinajstić information content (AvgIpc) is 3.10. The van der Waals surface area contributed by atoms with Gasteiger partial charge in [-0.05, 0) is 82.3 Å². The van der Waals surface area contributed by atoms with Crippen LogP contribution in [-0.2, 0) is 4.79 Å². The topological polar surface area (TPSA) is 44.8 Å². The molecule has 148 valence electrons. The minimum Gasteiger partial charge on any atom is -0.490 e. The molecule has 1 aliphatic carbocycles. The Morgan fingerprint density at radius 3 is 2.44 bits per heavy atom. The van der Waals surface area contributed by atoms with Gasteiger partial charge in [0.25, 0.3) is 0 Å². The SMILES string of the molecule is Cc1cc(OC2CCN(C3CCC3)CC2)ccc1NC(=O)CN1CCCC1. The summed E-state index contributed by atoms with van der Waals surface area (Å²) in [5.41, 5.74) is 1.96.